The molecular weight excluding hydrogens is 406 g/mol. The van der Waals surface area contributed by atoms with Crippen molar-refractivity contribution >= 4 is 11.3 Å². The van der Waals surface area contributed by atoms with E-state index in [1.807, 2.05) is 6.20 Å². The molecule has 1 aromatic heterocycles. The zero-order valence-corrected chi connectivity index (χ0v) is 21.1. The Labute approximate surface area is 200 Å². The first-order valence-corrected chi connectivity index (χ1v) is 13.8. The molecule has 0 saturated heterocycles. The Morgan fingerprint density at radius 3 is 1.59 bits per heavy atom. The standard InChI is InChI=1S/C30H41NS/c1-3-5-7-9-10-11-13-15-25-16-20-27(21-17-25)29-24-31-30(32-29)28-22-18-26(19-23-28)14-12-8-6-4-2/h16-24H,3-15H2,1-2H3. The van der Waals surface area contributed by atoms with Crippen LogP contribution in [0.3, 0.4) is 0 Å². The number of aromatic nitrogens is 1. The van der Waals surface area contributed by atoms with E-state index in [1.165, 1.54) is 111 Å². The predicted octanol–water partition coefficient (Wildman–Crippen LogP) is 9.89. The summed E-state index contributed by atoms with van der Waals surface area (Å²) in [5, 5.41) is 1.12. The summed E-state index contributed by atoms with van der Waals surface area (Å²) in [7, 11) is 0. The average Bonchev–Trinajstić information content (AvgIpc) is 3.32. The lowest BCUT2D eigenvalue weighted by atomic mass is 10.0. The van der Waals surface area contributed by atoms with Crippen molar-refractivity contribution < 1.29 is 0 Å². The lowest BCUT2D eigenvalue weighted by Crippen LogP contribution is -1.86. The fourth-order valence-corrected chi connectivity index (χ4v) is 5.16. The van der Waals surface area contributed by atoms with E-state index in [-0.39, 0.29) is 0 Å². The van der Waals surface area contributed by atoms with Gasteiger partial charge in [0, 0.05) is 11.8 Å². The Morgan fingerprint density at radius 2 is 1.03 bits per heavy atom. The molecule has 1 nitrogen and oxygen atoms in total. The van der Waals surface area contributed by atoms with Gasteiger partial charge in [0.05, 0.1) is 4.88 Å². The van der Waals surface area contributed by atoms with Gasteiger partial charge < -0.3 is 0 Å². The fourth-order valence-electron chi connectivity index (χ4n) is 4.23. The van der Waals surface area contributed by atoms with Crippen LogP contribution in [0, 0.1) is 0 Å². The molecule has 1 heterocycles. The van der Waals surface area contributed by atoms with Gasteiger partial charge in [0.15, 0.2) is 0 Å². The summed E-state index contributed by atoms with van der Waals surface area (Å²) in [4.78, 5) is 5.97. The molecule has 0 saturated carbocycles. The Balaban J connectivity index is 1.47. The maximum atomic E-state index is 4.71. The zero-order chi connectivity index (χ0) is 22.4. The van der Waals surface area contributed by atoms with E-state index in [0.717, 1.165) is 5.01 Å². The van der Waals surface area contributed by atoms with Crippen LogP contribution in [0.5, 0.6) is 0 Å². The minimum Gasteiger partial charge on any atom is -0.244 e. The van der Waals surface area contributed by atoms with Crippen molar-refractivity contribution in [1.82, 2.24) is 4.98 Å². The summed E-state index contributed by atoms with van der Waals surface area (Å²) >= 11 is 1.80. The topological polar surface area (TPSA) is 12.9 Å². The molecule has 3 rings (SSSR count). The van der Waals surface area contributed by atoms with Gasteiger partial charge in [-0.15, -0.1) is 11.3 Å². The molecule has 0 spiro atoms. The van der Waals surface area contributed by atoms with Crippen LogP contribution in [0.1, 0.15) is 95.6 Å². The third-order valence-electron chi connectivity index (χ3n) is 6.33. The van der Waals surface area contributed by atoms with Crippen molar-refractivity contribution in [2.45, 2.75) is 97.3 Å². The number of hydrogen-bond donors (Lipinski definition) is 0. The number of thiazole rings is 1. The van der Waals surface area contributed by atoms with Crippen molar-refractivity contribution in [2.75, 3.05) is 0 Å². The molecule has 0 radical (unpaired) electrons. The van der Waals surface area contributed by atoms with Crippen molar-refractivity contribution in [3.05, 3.63) is 65.9 Å². The molecule has 0 amide bonds. The van der Waals surface area contributed by atoms with Crippen LogP contribution in [0.15, 0.2) is 54.7 Å². The fraction of sp³-hybridized carbons (Fsp3) is 0.500. The van der Waals surface area contributed by atoms with Crippen LogP contribution in [0.2, 0.25) is 0 Å². The van der Waals surface area contributed by atoms with Gasteiger partial charge >= 0.3 is 0 Å². The number of nitrogens with zero attached hydrogens (tertiary/aromatic N) is 1. The summed E-state index contributed by atoms with van der Waals surface area (Å²) in [6, 6.07) is 18.2. The van der Waals surface area contributed by atoms with Gasteiger partial charge in [-0.25, -0.2) is 4.98 Å². The summed E-state index contributed by atoms with van der Waals surface area (Å²) in [6.45, 7) is 4.55. The quantitative estimate of drug-likeness (QED) is 0.211. The molecule has 0 aliphatic rings. The molecule has 0 N–H and O–H groups in total. The van der Waals surface area contributed by atoms with E-state index < -0.39 is 0 Å². The molecule has 3 aromatic rings. The maximum Gasteiger partial charge on any atom is 0.123 e. The second kappa shape index (κ2) is 14.3. The number of benzene rings is 2. The largest absolute Gasteiger partial charge is 0.244 e. The number of rotatable bonds is 15. The van der Waals surface area contributed by atoms with Crippen LogP contribution in [-0.4, -0.2) is 4.98 Å². The summed E-state index contributed by atoms with van der Waals surface area (Å²) in [5.74, 6) is 0. The van der Waals surface area contributed by atoms with Crippen molar-refractivity contribution in [1.29, 1.82) is 0 Å². The van der Waals surface area contributed by atoms with Crippen molar-refractivity contribution in [2.24, 2.45) is 0 Å². The Bertz CT molecular complexity index is 876. The van der Waals surface area contributed by atoms with E-state index in [9.17, 15) is 0 Å². The van der Waals surface area contributed by atoms with Gasteiger partial charge in [0.25, 0.3) is 0 Å². The highest BCUT2D eigenvalue weighted by molar-refractivity contribution is 7.18. The Hall–Kier alpha value is -1.93. The summed E-state index contributed by atoms with van der Waals surface area (Å²) in [6.07, 6.45) is 19.3. The SMILES string of the molecule is CCCCCCCCCc1ccc(-c2cnc(-c3ccc(CCCCCC)cc3)s2)cc1. The molecule has 2 heteroatoms. The molecule has 172 valence electrons. The third kappa shape index (κ3) is 8.20. The highest BCUT2D eigenvalue weighted by Crippen LogP contribution is 2.32. The lowest BCUT2D eigenvalue weighted by Gasteiger charge is -2.04. The van der Waals surface area contributed by atoms with E-state index in [0.29, 0.717) is 0 Å². The van der Waals surface area contributed by atoms with E-state index in [2.05, 4.69) is 62.4 Å². The first kappa shape index (κ1) is 24.7. The van der Waals surface area contributed by atoms with Crippen molar-refractivity contribution in [3.63, 3.8) is 0 Å². The number of unbranched alkanes of at least 4 members (excludes halogenated alkanes) is 9. The summed E-state index contributed by atoms with van der Waals surface area (Å²) in [5.41, 5.74) is 5.42. The van der Waals surface area contributed by atoms with E-state index in [1.54, 1.807) is 11.3 Å². The molecule has 0 aliphatic heterocycles. The average molecular weight is 448 g/mol. The van der Waals surface area contributed by atoms with Crippen LogP contribution in [0.25, 0.3) is 21.0 Å². The molecule has 0 bridgehead atoms. The van der Waals surface area contributed by atoms with E-state index in [4.69, 9.17) is 4.98 Å². The second-order valence-corrected chi connectivity index (χ2v) is 10.1. The van der Waals surface area contributed by atoms with Gasteiger partial charge in [-0.1, -0.05) is 120 Å². The van der Waals surface area contributed by atoms with Crippen LogP contribution in [0.4, 0.5) is 0 Å². The first-order valence-electron chi connectivity index (χ1n) is 12.9. The lowest BCUT2D eigenvalue weighted by molar-refractivity contribution is 0.589. The summed E-state index contributed by atoms with van der Waals surface area (Å²) < 4.78 is 0. The Morgan fingerprint density at radius 1 is 0.562 bits per heavy atom. The molecule has 0 aliphatic carbocycles. The van der Waals surface area contributed by atoms with Crippen molar-refractivity contribution in [3.8, 4) is 21.0 Å². The Kier molecular flexibility index (Phi) is 11.0. The van der Waals surface area contributed by atoms with E-state index >= 15 is 0 Å². The smallest absolute Gasteiger partial charge is 0.123 e. The molecule has 0 fully saturated rings. The minimum absolute atomic E-state index is 1.12. The van der Waals surface area contributed by atoms with Gasteiger partial charge in [-0.2, -0.15) is 0 Å². The number of hydrogen-bond acceptors (Lipinski definition) is 2. The first-order chi connectivity index (χ1) is 15.8. The third-order valence-corrected chi connectivity index (χ3v) is 7.43. The van der Waals surface area contributed by atoms with Crippen LogP contribution < -0.4 is 0 Å². The number of aryl methyl sites for hydroxylation is 2. The van der Waals surface area contributed by atoms with Gasteiger partial charge in [0.2, 0.25) is 0 Å². The highest BCUT2D eigenvalue weighted by Gasteiger charge is 2.07. The molecule has 0 unspecified atom stereocenters. The van der Waals surface area contributed by atoms with Gasteiger partial charge in [-0.3, -0.25) is 0 Å². The molecule has 32 heavy (non-hydrogen) atoms. The second-order valence-electron chi connectivity index (χ2n) is 9.11. The normalized spacial score (nSPS) is 11.2. The monoisotopic (exact) mass is 447 g/mol. The van der Waals surface area contributed by atoms with Gasteiger partial charge in [-0.05, 0) is 42.4 Å². The molecular formula is C30H41NS. The maximum absolute atomic E-state index is 4.71. The zero-order valence-electron chi connectivity index (χ0n) is 20.2. The van der Waals surface area contributed by atoms with Crippen LogP contribution in [-0.2, 0) is 12.8 Å². The minimum atomic E-state index is 1.12. The predicted molar refractivity (Wildman–Crippen MR) is 143 cm³/mol. The highest BCUT2D eigenvalue weighted by atomic mass is 32.1. The molecule has 2 aromatic carbocycles. The van der Waals surface area contributed by atoms with Crippen LogP contribution >= 0.6 is 11.3 Å². The molecule has 0 atom stereocenters. The van der Waals surface area contributed by atoms with Gasteiger partial charge in [0.1, 0.15) is 5.01 Å².